The topological polar surface area (TPSA) is 58.4 Å². The van der Waals surface area contributed by atoms with Crippen LogP contribution in [0.15, 0.2) is 0 Å². The molecule has 1 aliphatic rings. The van der Waals surface area contributed by atoms with Gasteiger partial charge in [-0.1, -0.05) is 0 Å². The van der Waals surface area contributed by atoms with Crippen molar-refractivity contribution in [3.63, 3.8) is 0 Å². The third-order valence-corrected chi connectivity index (χ3v) is 1.84. The Hall–Kier alpha value is -0.480. The molecule has 12 heavy (non-hydrogen) atoms. The monoisotopic (exact) mass is 193 g/mol. The molecular weight excluding hydrogens is 178 g/mol. The first-order chi connectivity index (χ1) is 5.24. The molecule has 2 amide bonds. The molecule has 0 bridgehead atoms. The van der Waals surface area contributed by atoms with Gasteiger partial charge in [-0.05, 0) is 13.3 Å². The molecular formula is C7H16ClN3O. The highest BCUT2D eigenvalue weighted by molar-refractivity contribution is 5.85. The number of carbonyl (C=O) groups is 1. The van der Waals surface area contributed by atoms with E-state index in [0.29, 0.717) is 13.1 Å². The number of nitrogens with zero attached hydrogens (tertiary/aromatic N) is 1. The fourth-order valence-corrected chi connectivity index (χ4v) is 1.23. The molecule has 0 aromatic rings. The van der Waals surface area contributed by atoms with Crippen molar-refractivity contribution in [3.05, 3.63) is 0 Å². The third-order valence-electron chi connectivity index (χ3n) is 1.84. The van der Waals surface area contributed by atoms with Crippen molar-refractivity contribution >= 4 is 18.4 Å². The molecule has 0 saturated carbocycles. The number of hydrogen-bond acceptors (Lipinski definition) is 2. The number of amides is 2. The second-order valence-corrected chi connectivity index (χ2v) is 2.83. The first kappa shape index (κ1) is 11.5. The van der Waals surface area contributed by atoms with E-state index < -0.39 is 0 Å². The van der Waals surface area contributed by atoms with E-state index in [2.05, 4.69) is 5.32 Å². The van der Waals surface area contributed by atoms with Gasteiger partial charge in [0, 0.05) is 25.7 Å². The van der Waals surface area contributed by atoms with Crippen molar-refractivity contribution < 1.29 is 4.79 Å². The highest BCUT2D eigenvalue weighted by Crippen LogP contribution is 2.05. The van der Waals surface area contributed by atoms with E-state index in [1.54, 1.807) is 4.90 Å². The maximum atomic E-state index is 11.2. The SMILES string of the molecule is CCNC(=O)N1CC[C@H](N)C1.Cl. The van der Waals surface area contributed by atoms with Crippen LogP contribution in [-0.4, -0.2) is 36.6 Å². The van der Waals surface area contributed by atoms with Crippen LogP contribution in [0.25, 0.3) is 0 Å². The zero-order chi connectivity index (χ0) is 8.27. The molecule has 1 heterocycles. The lowest BCUT2D eigenvalue weighted by Gasteiger charge is -2.15. The predicted octanol–water partition coefficient (Wildman–Crippen LogP) is 0.171. The summed E-state index contributed by atoms with van der Waals surface area (Å²) in [6, 6.07) is 0.193. The number of hydrogen-bond donors (Lipinski definition) is 2. The van der Waals surface area contributed by atoms with Gasteiger partial charge in [0.25, 0.3) is 0 Å². The summed E-state index contributed by atoms with van der Waals surface area (Å²) in [5.41, 5.74) is 5.64. The first-order valence-corrected chi connectivity index (χ1v) is 4.02. The molecule has 1 atom stereocenters. The zero-order valence-electron chi connectivity index (χ0n) is 7.25. The van der Waals surface area contributed by atoms with Gasteiger partial charge in [-0.2, -0.15) is 0 Å². The van der Waals surface area contributed by atoms with E-state index >= 15 is 0 Å². The van der Waals surface area contributed by atoms with Crippen molar-refractivity contribution in [2.75, 3.05) is 19.6 Å². The van der Waals surface area contributed by atoms with E-state index in [-0.39, 0.29) is 24.5 Å². The minimum Gasteiger partial charge on any atom is -0.338 e. The molecule has 1 fully saturated rings. The Morgan fingerprint density at radius 2 is 2.42 bits per heavy atom. The summed E-state index contributed by atoms with van der Waals surface area (Å²) in [7, 11) is 0. The molecule has 0 unspecified atom stereocenters. The molecule has 0 aliphatic carbocycles. The van der Waals surface area contributed by atoms with Crippen LogP contribution in [0, 0.1) is 0 Å². The standard InChI is InChI=1S/C7H15N3O.ClH/c1-2-9-7(11)10-4-3-6(8)5-10;/h6H,2-5,8H2,1H3,(H,9,11);1H/t6-;/m0./s1. The van der Waals surface area contributed by atoms with Gasteiger partial charge in [-0.15, -0.1) is 12.4 Å². The van der Waals surface area contributed by atoms with Crippen LogP contribution in [0.5, 0.6) is 0 Å². The van der Waals surface area contributed by atoms with E-state index in [9.17, 15) is 4.79 Å². The Bertz CT molecular complexity index is 154. The Morgan fingerprint density at radius 1 is 1.75 bits per heavy atom. The van der Waals surface area contributed by atoms with Gasteiger partial charge in [0.05, 0.1) is 0 Å². The quantitative estimate of drug-likeness (QED) is 0.624. The molecule has 3 N–H and O–H groups in total. The summed E-state index contributed by atoms with van der Waals surface area (Å²) in [4.78, 5) is 12.9. The number of urea groups is 1. The van der Waals surface area contributed by atoms with E-state index in [0.717, 1.165) is 13.0 Å². The van der Waals surface area contributed by atoms with Gasteiger partial charge < -0.3 is 16.0 Å². The molecule has 4 nitrogen and oxygen atoms in total. The van der Waals surface area contributed by atoms with Crippen LogP contribution in [0.4, 0.5) is 4.79 Å². The molecule has 0 radical (unpaired) electrons. The molecule has 1 saturated heterocycles. The summed E-state index contributed by atoms with van der Waals surface area (Å²) >= 11 is 0. The number of nitrogens with one attached hydrogen (secondary N) is 1. The molecule has 1 aliphatic heterocycles. The maximum absolute atomic E-state index is 11.2. The highest BCUT2D eigenvalue weighted by atomic mass is 35.5. The van der Waals surface area contributed by atoms with Crippen LogP contribution in [0.1, 0.15) is 13.3 Å². The van der Waals surface area contributed by atoms with Gasteiger partial charge in [0.15, 0.2) is 0 Å². The van der Waals surface area contributed by atoms with Crippen LogP contribution in [-0.2, 0) is 0 Å². The van der Waals surface area contributed by atoms with Crippen LogP contribution < -0.4 is 11.1 Å². The molecule has 1 rings (SSSR count). The minimum absolute atomic E-state index is 0. The lowest BCUT2D eigenvalue weighted by atomic mass is 10.3. The number of halogens is 1. The smallest absolute Gasteiger partial charge is 0.317 e. The predicted molar refractivity (Wildman–Crippen MR) is 50.5 cm³/mol. The Kier molecular flexibility index (Phi) is 5.01. The highest BCUT2D eigenvalue weighted by Gasteiger charge is 2.22. The summed E-state index contributed by atoms with van der Waals surface area (Å²) in [6.07, 6.45) is 0.928. The summed E-state index contributed by atoms with van der Waals surface area (Å²) in [5, 5.41) is 2.74. The van der Waals surface area contributed by atoms with Gasteiger partial charge in [-0.25, -0.2) is 4.79 Å². The minimum atomic E-state index is 0. The lowest BCUT2D eigenvalue weighted by Crippen LogP contribution is -2.39. The van der Waals surface area contributed by atoms with Crippen LogP contribution in [0.2, 0.25) is 0 Å². The normalized spacial score (nSPS) is 21.8. The number of likely N-dealkylation sites (tertiary alicyclic amines) is 1. The molecule has 0 spiro atoms. The fourth-order valence-electron chi connectivity index (χ4n) is 1.23. The van der Waals surface area contributed by atoms with Crippen molar-refractivity contribution in [1.29, 1.82) is 0 Å². The van der Waals surface area contributed by atoms with E-state index in [4.69, 9.17) is 5.73 Å². The average Bonchev–Trinajstić information content (AvgIpc) is 2.36. The number of carbonyl (C=O) groups excluding carboxylic acids is 1. The van der Waals surface area contributed by atoms with Crippen LogP contribution >= 0.6 is 12.4 Å². The molecule has 5 heteroatoms. The average molecular weight is 194 g/mol. The van der Waals surface area contributed by atoms with Gasteiger partial charge in [-0.3, -0.25) is 0 Å². The lowest BCUT2D eigenvalue weighted by molar-refractivity contribution is 0.209. The van der Waals surface area contributed by atoms with Crippen molar-refractivity contribution in [2.24, 2.45) is 5.73 Å². The maximum Gasteiger partial charge on any atom is 0.317 e. The van der Waals surface area contributed by atoms with E-state index in [1.807, 2.05) is 6.92 Å². The van der Waals surface area contributed by atoms with Crippen molar-refractivity contribution in [3.8, 4) is 0 Å². The van der Waals surface area contributed by atoms with Gasteiger partial charge in [0.2, 0.25) is 0 Å². The van der Waals surface area contributed by atoms with Gasteiger partial charge >= 0.3 is 6.03 Å². The summed E-state index contributed by atoms with van der Waals surface area (Å²) in [6.45, 7) is 4.09. The third kappa shape index (κ3) is 2.87. The fraction of sp³-hybridized carbons (Fsp3) is 0.857. The second kappa shape index (κ2) is 5.22. The first-order valence-electron chi connectivity index (χ1n) is 4.02. The van der Waals surface area contributed by atoms with Crippen molar-refractivity contribution in [2.45, 2.75) is 19.4 Å². The number of rotatable bonds is 1. The van der Waals surface area contributed by atoms with E-state index in [1.165, 1.54) is 0 Å². The molecule has 0 aromatic heterocycles. The van der Waals surface area contributed by atoms with Crippen molar-refractivity contribution in [1.82, 2.24) is 10.2 Å². The second-order valence-electron chi connectivity index (χ2n) is 2.83. The Balaban J connectivity index is 0.00000121. The summed E-state index contributed by atoms with van der Waals surface area (Å²) < 4.78 is 0. The molecule has 0 aromatic carbocycles. The zero-order valence-corrected chi connectivity index (χ0v) is 8.06. The largest absolute Gasteiger partial charge is 0.338 e. The summed E-state index contributed by atoms with van der Waals surface area (Å²) in [5.74, 6) is 0. The van der Waals surface area contributed by atoms with Crippen LogP contribution in [0.3, 0.4) is 0 Å². The Morgan fingerprint density at radius 3 is 2.83 bits per heavy atom. The Labute approximate surface area is 78.9 Å². The van der Waals surface area contributed by atoms with Gasteiger partial charge in [0.1, 0.15) is 0 Å². The molecule has 72 valence electrons. The number of nitrogens with two attached hydrogens (primary N) is 1.